The van der Waals surface area contributed by atoms with Crippen LogP contribution in [0.2, 0.25) is 5.02 Å². The van der Waals surface area contributed by atoms with E-state index >= 15 is 0 Å². The van der Waals surface area contributed by atoms with Crippen molar-refractivity contribution in [1.82, 2.24) is 9.88 Å². The number of carbonyl (C=O) groups is 2. The average molecular weight is 497 g/mol. The number of likely N-dealkylation sites (tertiary alicyclic amines) is 1. The van der Waals surface area contributed by atoms with Crippen LogP contribution in [-0.4, -0.2) is 46.1 Å². The molecule has 8 nitrogen and oxygen atoms in total. The van der Waals surface area contributed by atoms with E-state index in [1.165, 1.54) is 6.20 Å². The van der Waals surface area contributed by atoms with Gasteiger partial charge < -0.3 is 20.2 Å². The Bertz CT molecular complexity index is 1200. The number of aliphatic hydroxyl groups excluding tert-OH is 1. The minimum atomic E-state index is -0.510. The SMILES string of the molecule is O=C(Nc1ccc(Cl)cn1)c1oc2ccccc2c1NC(=O)[C@H]1CC[C@H](C(O)N2CCCC2)CC1. The molecule has 35 heavy (non-hydrogen) atoms. The number of fused-ring (bicyclic) bond motifs is 1. The number of aromatic nitrogens is 1. The lowest BCUT2D eigenvalue weighted by Crippen LogP contribution is -2.41. The van der Waals surface area contributed by atoms with Crippen molar-refractivity contribution in [2.45, 2.75) is 44.8 Å². The Morgan fingerprint density at radius 3 is 2.51 bits per heavy atom. The summed E-state index contributed by atoms with van der Waals surface area (Å²) in [4.78, 5) is 32.5. The van der Waals surface area contributed by atoms with Crippen LogP contribution in [0, 0.1) is 11.8 Å². The highest BCUT2D eigenvalue weighted by molar-refractivity contribution is 6.30. The molecule has 1 unspecified atom stereocenters. The summed E-state index contributed by atoms with van der Waals surface area (Å²) < 4.78 is 5.83. The van der Waals surface area contributed by atoms with E-state index in [1.54, 1.807) is 18.2 Å². The maximum absolute atomic E-state index is 13.2. The first kappa shape index (κ1) is 23.8. The molecule has 1 aliphatic heterocycles. The number of anilines is 2. The number of para-hydroxylation sites is 1. The second-order valence-corrected chi connectivity index (χ2v) is 9.81. The number of nitrogens with zero attached hydrogens (tertiary/aromatic N) is 2. The summed E-state index contributed by atoms with van der Waals surface area (Å²) in [7, 11) is 0. The van der Waals surface area contributed by atoms with Crippen LogP contribution in [-0.2, 0) is 4.79 Å². The molecular formula is C26H29ClN4O4. The van der Waals surface area contributed by atoms with Gasteiger partial charge in [-0.1, -0.05) is 23.7 Å². The lowest BCUT2D eigenvalue weighted by Gasteiger charge is -2.35. The Kier molecular flexibility index (Phi) is 7.04. The first-order valence-corrected chi connectivity index (χ1v) is 12.5. The molecule has 2 amide bonds. The van der Waals surface area contributed by atoms with Crippen LogP contribution in [0.5, 0.6) is 0 Å². The van der Waals surface area contributed by atoms with Crippen molar-refractivity contribution in [3.63, 3.8) is 0 Å². The zero-order chi connectivity index (χ0) is 24.4. The Morgan fingerprint density at radius 2 is 1.80 bits per heavy atom. The molecule has 3 N–H and O–H groups in total. The number of rotatable bonds is 6. The molecule has 184 valence electrons. The summed E-state index contributed by atoms with van der Waals surface area (Å²) in [6, 6.07) is 10.4. The van der Waals surface area contributed by atoms with Gasteiger partial charge in [-0.05, 0) is 68.7 Å². The van der Waals surface area contributed by atoms with Crippen molar-refractivity contribution in [3.05, 3.63) is 53.4 Å². The fourth-order valence-corrected chi connectivity index (χ4v) is 5.27. The normalized spacial score (nSPS) is 21.7. The van der Waals surface area contributed by atoms with Gasteiger partial charge in [0.25, 0.3) is 5.91 Å². The maximum atomic E-state index is 13.2. The summed E-state index contributed by atoms with van der Waals surface area (Å²) in [6.45, 7) is 1.90. The van der Waals surface area contributed by atoms with E-state index in [2.05, 4.69) is 20.5 Å². The van der Waals surface area contributed by atoms with E-state index in [9.17, 15) is 14.7 Å². The van der Waals surface area contributed by atoms with Crippen LogP contribution in [0.4, 0.5) is 11.5 Å². The van der Waals surface area contributed by atoms with Gasteiger partial charge >= 0.3 is 0 Å². The average Bonchev–Trinajstić information content (AvgIpc) is 3.54. The number of aliphatic hydroxyl groups is 1. The van der Waals surface area contributed by atoms with Gasteiger partial charge in [-0.2, -0.15) is 0 Å². The number of amides is 2. The molecule has 1 aliphatic carbocycles. The van der Waals surface area contributed by atoms with Gasteiger partial charge in [0.05, 0.1) is 5.02 Å². The summed E-state index contributed by atoms with van der Waals surface area (Å²) in [5.41, 5.74) is 0.866. The van der Waals surface area contributed by atoms with Crippen molar-refractivity contribution in [3.8, 4) is 0 Å². The minimum absolute atomic E-state index is 0.0226. The Morgan fingerprint density at radius 1 is 1.06 bits per heavy atom. The molecule has 5 rings (SSSR count). The van der Waals surface area contributed by atoms with Gasteiger partial charge in [0.2, 0.25) is 11.7 Å². The van der Waals surface area contributed by atoms with Crippen molar-refractivity contribution < 1.29 is 19.1 Å². The van der Waals surface area contributed by atoms with Crippen LogP contribution in [0.15, 0.2) is 47.0 Å². The zero-order valence-corrected chi connectivity index (χ0v) is 20.1. The van der Waals surface area contributed by atoms with Crippen molar-refractivity contribution in [1.29, 1.82) is 0 Å². The molecule has 2 aliphatic rings. The van der Waals surface area contributed by atoms with Gasteiger partial charge in [0, 0.05) is 30.6 Å². The highest BCUT2D eigenvalue weighted by Crippen LogP contribution is 2.36. The quantitative estimate of drug-likeness (QED) is 0.448. The Labute approximate surface area is 208 Å². The van der Waals surface area contributed by atoms with E-state index in [0.29, 0.717) is 40.3 Å². The zero-order valence-electron chi connectivity index (χ0n) is 19.4. The van der Waals surface area contributed by atoms with Crippen molar-refractivity contribution >= 4 is 45.9 Å². The van der Waals surface area contributed by atoms with Gasteiger partial charge in [-0.3, -0.25) is 14.5 Å². The Hall–Kier alpha value is -2.94. The predicted octanol–water partition coefficient (Wildman–Crippen LogP) is 4.89. The molecule has 2 fully saturated rings. The fourth-order valence-electron chi connectivity index (χ4n) is 5.16. The van der Waals surface area contributed by atoms with Crippen molar-refractivity contribution in [2.24, 2.45) is 11.8 Å². The molecule has 0 spiro atoms. The molecular weight excluding hydrogens is 468 g/mol. The summed E-state index contributed by atoms with van der Waals surface area (Å²) in [5, 5.41) is 17.5. The second-order valence-electron chi connectivity index (χ2n) is 9.38. The Balaban J connectivity index is 1.29. The number of pyridine rings is 1. The van der Waals surface area contributed by atoms with E-state index in [1.807, 2.05) is 18.2 Å². The molecule has 1 aromatic carbocycles. The van der Waals surface area contributed by atoms with E-state index in [0.717, 1.165) is 38.8 Å². The van der Waals surface area contributed by atoms with Gasteiger partial charge in [-0.25, -0.2) is 4.98 Å². The third-order valence-corrected chi connectivity index (χ3v) is 7.32. The molecule has 0 radical (unpaired) electrons. The number of halogens is 1. The molecule has 3 aromatic rings. The number of hydrogen-bond donors (Lipinski definition) is 3. The first-order chi connectivity index (χ1) is 17.0. The van der Waals surface area contributed by atoms with Crippen LogP contribution < -0.4 is 10.6 Å². The predicted molar refractivity (Wildman–Crippen MR) is 134 cm³/mol. The highest BCUT2D eigenvalue weighted by Gasteiger charge is 2.34. The van der Waals surface area contributed by atoms with Crippen LogP contribution in [0.25, 0.3) is 11.0 Å². The van der Waals surface area contributed by atoms with Crippen LogP contribution in [0.1, 0.15) is 49.1 Å². The third kappa shape index (κ3) is 5.19. The molecule has 1 saturated heterocycles. The summed E-state index contributed by atoms with van der Waals surface area (Å²) in [6.07, 6.45) is 6.30. The lowest BCUT2D eigenvalue weighted by molar-refractivity contribution is -0.122. The molecule has 3 heterocycles. The second kappa shape index (κ2) is 10.4. The van der Waals surface area contributed by atoms with Gasteiger partial charge in [0.1, 0.15) is 23.3 Å². The minimum Gasteiger partial charge on any atom is -0.449 e. The molecule has 0 bridgehead atoms. The van der Waals surface area contributed by atoms with Crippen LogP contribution in [0.3, 0.4) is 0 Å². The number of furan rings is 1. The smallest absolute Gasteiger partial charge is 0.294 e. The maximum Gasteiger partial charge on any atom is 0.294 e. The molecule has 1 atom stereocenters. The molecule has 1 saturated carbocycles. The first-order valence-electron chi connectivity index (χ1n) is 12.2. The number of hydrogen-bond acceptors (Lipinski definition) is 6. The molecule has 2 aromatic heterocycles. The fraction of sp³-hybridized carbons (Fsp3) is 0.423. The number of nitrogens with one attached hydrogen (secondary N) is 2. The van der Waals surface area contributed by atoms with E-state index in [-0.39, 0.29) is 23.5 Å². The largest absolute Gasteiger partial charge is 0.449 e. The van der Waals surface area contributed by atoms with Crippen molar-refractivity contribution in [2.75, 3.05) is 23.7 Å². The monoisotopic (exact) mass is 496 g/mol. The van der Waals surface area contributed by atoms with Crippen LogP contribution >= 0.6 is 11.6 Å². The number of carbonyl (C=O) groups excluding carboxylic acids is 2. The molecule has 9 heteroatoms. The lowest BCUT2D eigenvalue weighted by atomic mass is 9.80. The summed E-state index contributed by atoms with van der Waals surface area (Å²) >= 11 is 5.88. The highest BCUT2D eigenvalue weighted by atomic mass is 35.5. The van der Waals surface area contributed by atoms with Gasteiger partial charge in [-0.15, -0.1) is 0 Å². The van der Waals surface area contributed by atoms with E-state index in [4.69, 9.17) is 16.0 Å². The van der Waals surface area contributed by atoms with E-state index < -0.39 is 12.1 Å². The van der Waals surface area contributed by atoms with Gasteiger partial charge in [0.15, 0.2) is 0 Å². The topological polar surface area (TPSA) is 108 Å². The summed E-state index contributed by atoms with van der Waals surface area (Å²) in [5.74, 6) is -0.283. The standard InChI is InChI=1S/C26H29ClN4O4/c27-18-11-12-21(28-15-18)29-25(33)23-22(19-5-1-2-6-20(19)35-23)30-24(32)16-7-9-17(10-8-16)26(34)31-13-3-4-14-31/h1-2,5-6,11-12,15-17,26,34H,3-4,7-10,13-14H2,(H,30,32)(H,28,29,33)/t16-,17-,26?. The number of benzene rings is 1. The third-order valence-electron chi connectivity index (χ3n) is 7.10.